The fourth-order valence-electron chi connectivity index (χ4n) is 1.42. The fourth-order valence-corrected chi connectivity index (χ4v) is 1.65. The number of amides is 1. The minimum atomic E-state index is -0.471. The average Bonchev–Trinajstić information content (AvgIpc) is 2.30. The van der Waals surface area contributed by atoms with Crippen LogP contribution in [0.4, 0.5) is 4.39 Å². The first-order chi connectivity index (χ1) is 8.06. The summed E-state index contributed by atoms with van der Waals surface area (Å²) in [6, 6.07) is 4.34. The molecule has 1 N–H and O–H groups in total. The Morgan fingerprint density at radius 3 is 2.82 bits per heavy atom. The number of nitrogens with zero attached hydrogens (tertiary/aromatic N) is 1. The van der Waals surface area contributed by atoms with Crippen LogP contribution in [0.5, 0.6) is 0 Å². The van der Waals surface area contributed by atoms with Crippen molar-refractivity contribution in [1.82, 2.24) is 4.90 Å². The van der Waals surface area contributed by atoms with E-state index in [1.807, 2.05) is 0 Å². The molecule has 1 amide bonds. The van der Waals surface area contributed by atoms with Crippen LogP contribution in [-0.4, -0.2) is 36.1 Å². The van der Waals surface area contributed by atoms with Gasteiger partial charge in [-0.25, -0.2) is 4.39 Å². The number of likely N-dealkylation sites (N-methyl/N-ethyl adjacent to an activating group) is 1. The summed E-state index contributed by atoms with van der Waals surface area (Å²) >= 11 is 5.83. The maximum atomic E-state index is 13.4. The van der Waals surface area contributed by atoms with Crippen molar-refractivity contribution in [1.29, 1.82) is 0 Å². The second kappa shape index (κ2) is 6.57. The largest absolute Gasteiger partial charge is 0.396 e. The first kappa shape index (κ1) is 13.9. The highest BCUT2D eigenvalue weighted by atomic mass is 35.5. The lowest BCUT2D eigenvalue weighted by Crippen LogP contribution is -2.30. The summed E-state index contributed by atoms with van der Waals surface area (Å²) in [5.41, 5.74) is 0.218. The summed E-state index contributed by atoms with van der Waals surface area (Å²) < 4.78 is 13.4. The third-order valence-corrected chi connectivity index (χ3v) is 2.82. The predicted molar refractivity (Wildman–Crippen MR) is 64.5 cm³/mol. The Hall–Kier alpha value is -1.13. The van der Waals surface area contributed by atoms with Crippen molar-refractivity contribution in [2.75, 3.05) is 20.2 Å². The van der Waals surface area contributed by atoms with Crippen LogP contribution in [0.1, 0.15) is 12.0 Å². The lowest BCUT2D eigenvalue weighted by molar-refractivity contribution is -0.129. The Kier molecular flexibility index (Phi) is 5.38. The van der Waals surface area contributed by atoms with E-state index in [2.05, 4.69) is 0 Å². The molecule has 1 rings (SSSR count). The molecule has 0 fully saturated rings. The summed E-state index contributed by atoms with van der Waals surface area (Å²) in [5, 5.41) is 8.91. The second-order valence-corrected chi connectivity index (χ2v) is 4.18. The summed E-state index contributed by atoms with van der Waals surface area (Å²) in [6.45, 7) is 0.472. The maximum Gasteiger partial charge on any atom is 0.226 e. The van der Waals surface area contributed by atoms with Crippen molar-refractivity contribution in [3.8, 4) is 0 Å². The molecule has 17 heavy (non-hydrogen) atoms. The molecule has 0 bridgehead atoms. The molecule has 0 saturated heterocycles. The van der Waals surface area contributed by atoms with Crippen molar-refractivity contribution < 1.29 is 14.3 Å². The minimum absolute atomic E-state index is 0.0259. The van der Waals surface area contributed by atoms with Crippen LogP contribution in [0.3, 0.4) is 0 Å². The van der Waals surface area contributed by atoms with Gasteiger partial charge in [-0.3, -0.25) is 4.79 Å². The van der Waals surface area contributed by atoms with E-state index in [0.717, 1.165) is 0 Å². The van der Waals surface area contributed by atoms with Crippen LogP contribution in [0.15, 0.2) is 18.2 Å². The van der Waals surface area contributed by atoms with Crippen LogP contribution in [0.25, 0.3) is 0 Å². The molecule has 0 saturated carbocycles. The Balaban J connectivity index is 2.68. The van der Waals surface area contributed by atoms with Crippen LogP contribution < -0.4 is 0 Å². The number of benzene rings is 1. The molecule has 1 aromatic carbocycles. The van der Waals surface area contributed by atoms with E-state index < -0.39 is 5.82 Å². The van der Waals surface area contributed by atoms with Gasteiger partial charge in [-0.15, -0.1) is 0 Å². The first-order valence-electron chi connectivity index (χ1n) is 5.34. The van der Waals surface area contributed by atoms with Crippen molar-refractivity contribution >= 4 is 17.5 Å². The van der Waals surface area contributed by atoms with Gasteiger partial charge in [-0.05, 0) is 18.6 Å². The van der Waals surface area contributed by atoms with Crippen LogP contribution >= 0.6 is 11.6 Å². The molecular weight excluding hydrogens is 245 g/mol. The molecule has 94 valence electrons. The van der Waals surface area contributed by atoms with Crippen molar-refractivity contribution in [2.45, 2.75) is 12.8 Å². The molecular formula is C12H15ClFNO2. The molecule has 0 unspecified atom stereocenters. The predicted octanol–water partition coefficient (Wildman–Crippen LogP) is 1.86. The van der Waals surface area contributed by atoms with Gasteiger partial charge in [0.1, 0.15) is 5.82 Å². The molecule has 0 radical (unpaired) electrons. The topological polar surface area (TPSA) is 40.5 Å². The summed E-state index contributed by atoms with van der Waals surface area (Å²) in [7, 11) is 1.62. The van der Waals surface area contributed by atoms with Crippen LogP contribution in [0, 0.1) is 5.82 Å². The van der Waals surface area contributed by atoms with Crippen molar-refractivity contribution in [3.63, 3.8) is 0 Å². The normalized spacial score (nSPS) is 10.4. The number of rotatable bonds is 5. The third kappa shape index (κ3) is 3.98. The molecule has 0 aliphatic carbocycles. The van der Waals surface area contributed by atoms with Crippen LogP contribution in [-0.2, 0) is 11.2 Å². The number of aliphatic hydroxyl groups excluding tert-OH is 1. The Morgan fingerprint density at radius 1 is 1.53 bits per heavy atom. The number of aliphatic hydroxyl groups is 1. The van der Waals surface area contributed by atoms with E-state index in [-0.39, 0.29) is 29.5 Å². The first-order valence-corrected chi connectivity index (χ1v) is 5.71. The van der Waals surface area contributed by atoms with Crippen molar-refractivity contribution in [2.24, 2.45) is 0 Å². The van der Waals surface area contributed by atoms with Gasteiger partial charge in [0.05, 0.1) is 6.42 Å². The standard InChI is InChI=1S/C12H15ClFNO2/c1-15(6-3-7-16)12(17)8-9-10(13)4-2-5-11(9)14/h2,4-5,16H,3,6-8H2,1H3. The number of carbonyl (C=O) groups is 1. The van der Waals surface area contributed by atoms with Gasteiger partial charge in [-0.1, -0.05) is 17.7 Å². The highest BCUT2D eigenvalue weighted by Gasteiger charge is 2.14. The third-order valence-electron chi connectivity index (χ3n) is 2.47. The van der Waals surface area contributed by atoms with Gasteiger partial charge < -0.3 is 10.0 Å². The molecule has 0 aliphatic rings. The van der Waals surface area contributed by atoms with E-state index in [9.17, 15) is 9.18 Å². The maximum absolute atomic E-state index is 13.4. The van der Waals surface area contributed by atoms with E-state index >= 15 is 0 Å². The van der Waals surface area contributed by atoms with E-state index in [1.54, 1.807) is 13.1 Å². The molecule has 3 nitrogen and oxygen atoms in total. The van der Waals surface area contributed by atoms with Gasteiger partial charge in [0, 0.05) is 30.8 Å². The minimum Gasteiger partial charge on any atom is -0.396 e. The number of hydrogen-bond acceptors (Lipinski definition) is 2. The summed E-state index contributed by atoms with van der Waals surface area (Å²) in [6.07, 6.45) is 0.445. The molecule has 5 heteroatoms. The lowest BCUT2D eigenvalue weighted by atomic mass is 10.1. The zero-order valence-electron chi connectivity index (χ0n) is 9.62. The van der Waals surface area contributed by atoms with Gasteiger partial charge in [0.2, 0.25) is 5.91 Å². The molecule has 0 aromatic heterocycles. The highest BCUT2D eigenvalue weighted by Crippen LogP contribution is 2.19. The smallest absolute Gasteiger partial charge is 0.226 e. The Labute approximate surface area is 105 Å². The fraction of sp³-hybridized carbons (Fsp3) is 0.417. The molecule has 0 atom stereocenters. The van der Waals surface area contributed by atoms with Gasteiger partial charge in [-0.2, -0.15) is 0 Å². The van der Waals surface area contributed by atoms with E-state index in [4.69, 9.17) is 16.7 Å². The van der Waals surface area contributed by atoms with Crippen molar-refractivity contribution in [3.05, 3.63) is 34.6 Å². The number of carbonyl (C=O) groups excluding carboxylic acids is 1. The second-order valence-electron chi connectivity index (χ2n) is 3.77. The number of hydrogen-bond donors (Lipinski definition) is 1. The Morgan fingerprint density at radius 2 is 2.24 bits per heavy atom. The van der Waals surface area contributed by atoms with E-state index in [1.165, 1.54) is 17.0 Å². The van der Waals surface area contributed by atoms with Gasteiger partial charge in [0.15, 0.2) is 0 Å². The zero-order valence-corrected chi connectivity index (χ0v) is 10.4. The molecule has 1 aromatic rings. The monoisotopic (exact) mass is 259 g/mol. The lowest BCUT2D eigenvalue weighted by Gasteiger charge is -2.17. The van der Waals surface area contributed by atoms with E-state index in [0.29, 0.717) is 13.0 Å². The average molecular weight is 260 g/mol. The highest BCUT2D eigenvalue weighted by molar-refractivity contribution is 6.31. The summed E-state index contributed by atoms with van der Waals surface area (Å²) in [4.78, 5) is 13.2. The number of halogens is 2. The quantitative estimate of drug-likeness (QED) is 0.877. The van der Waals surface area contributed by atoms with Gasteiger partial charge in [0.25, 0.3) is 0 Å². The zero-order chi connectivity index (χ0) is 12.8. The molecule has 0 heterocycles. The molecule has 0 aliphatic heterocycles. The summed E-state index contributed by atoms with van der Waals surface area (Å²) in [5.74, 6) is -0.688. The SMILES string of the molecule is CN(CCCO)C(=O)Cc1c(F)cccc1Cl. The van der Waals surface area contributed by atoms with Crippen LogP contribution in [0.2, 0.25) is 5.02 Å². The van der Waals surface area contributed by atoms with Gasteiger partial charge >= 0.3 is 0 Å². The molecule has 0 spiro atoms. The Bertz CT molecular complexity index is 378.